The van der Waals surface area contributed by atoms with Crippen LogP contribution in [0.5, 0.6) is 0 Å². The molecule has 142 valence electrons. The van der Waals surface area contributed by atoms with Gasteiger partial charge in [0.25, 0.3) is 5.91 Å². The van der Waals surface area contributed by atoms with Gasteiger partial charge < -0.3 is 5.32 Å². The highest BCUT2D eigenvalue weighted by Gasteiger charge is 2.28. The second-order valence-electron chi connectivity index (χ2n) is 8.49. The highest BCUT2D eigenvalue weighted by molar-refractivity contribution is 7.89. The van der Waals surface area contributed by atoms with E-state index in [-0.39, 0.29) is 32.8 Å². The lowest BCUT2D eigenvalue weighted by Crippen LogP contribution is -2.46. The van der Waals surface area contributed by atoms with Crippen LogP contribution in [0.4, 0.5) is 0 Å². The Morgan fingerprint density at radius 3 is 2.20 bits per heavy atom. The lowest BCUT2D eigenvalue weighted by Gasteiger charge is -2.33. The van der Waals surface area contributed by atoms with E-state index in [1.54, 1.807) is 13.8 Å². The number of rotatable bonds is 6. The van der Waals surface area contributed by atoms with Gasteiger partial charge in [-0.2, -0.15) is 0 Å². The molecular formula is C18H29ClN2O3S. The third-order valence-corrected chi connectivity index (χ3v) is 5.29. The number of hydrogen-bond donors (Lipinski definition) is 2. The zero-order chi connectivity index (χ0) is 19.6. The standard InChI is InChI=1S/C18H29ClN2O3S/c1-12(2)21-25(23,24)13-8-9-15(19)14(10-13)16(22)20-18(6,7)11-17(3,4)5/h8-10,12,21H,11H2,1-7H3,(H,20,22). The SMILES string of the molecule is CC(C)NS(=O)(=O)c1ccc(Cl)c(C(=O)NC(C)(C)CC(C)(C)C)c1. The summed E-state index contributed by atoms with van der Waals surface area (Å²) in [6.07, 6.45) is 0.760. The number of halogens is 1. The summed E-state index contributed by atoms with van der Waals surface area (Å²) < 4.78 is 27.1. The Bertz CT molecular complexity index is 735. The van der Waals surface area contributed by atoms with Crippen molar-refractivity contribution < 1.29 is 13.2 Å². The molecule has 5 nitrogen and oxygen atoms in total. The van der Waals surface area contributed by atoms with Crippen molar-refractivity contribution in [3.8, 4) is 0 Å². The molecule has 0 radical (unpaired) electrons. The van der Waals surface area contributed by atoms with Crippen molar-refractivity contribution in [1.29, 1.82) is 0 Å². The largest absolute Gasteiger partial charge is 0.347 e. The first-order valence-corrected chi connectivity index (χ1v) is 10.1. The summed E-state index contributed by atoms with van der Waals surface area (Å²) in [4.78, 5) is 12.7. The lowest BCUT2D eigenvalue weighted by molar-refractivity contribution is 0.0891. The molecule has 0 saturated heterocycles. The van der Waals surface area contributed by atoms with Crippen LogP contribution >= 0.6 is 11.6 Å². The first-order valence-electron chi connectivity index (χ1n) is 8.27. The summed E-state index contributed by atoms with van der Waals surface area (Å²) >= 11 is 6.13. The van der Waals surface area contributed by atoms with E-state index in [0.717, 1.165) is 6.42 Å². The second kappa shape index (κ2) is 7.64. The molecule has 0 heterocycles. The molecular weight excluding hydrogens is 360 g/mol. The van der Waals surface area contributed by atoms with Gasteiger partial charge in [0.15, 0.2) is 0 Å². The van der Waals surface area contributed by atoms with Gasteiger partial charge in [-0.1, -0.05) is 32.4 Å². The number of carbonyl (C=O) groups is 1. The topological polar surface area (TPSA) is 75.3 Å². The third-order valence-electron chi connectivity index (χ3n) is 3.31. The Labute approximate surface area is 156 Å². The number of amides is 1. The maximum absolute atomic E-state index is 12.7. The van der Waals surface area contributed by atoms with Crippen LogP contribution in [-0.2, 0) is 10.0 Å². The normalized spacial score (nSPS) is 13.2. The van der Waals surface area contributed by atoms with E-state index in [9.17, 15) is 13.2 Å². The van der Waals surface area contributed by atoms with Crippen LogP contribution in [0.15, 0.2) is 23.1 Å². The van der Waals surface area contributed by atoms with Gasteiger partial charge in [-0.3, -0.25) is 4.79 Å². The van der Waals surface area contributed by atoms with Crippen molar-refractivity contribution in [3.05, 3.63) is 28.8 Å². The molecule has 0 fully saturated rings. The van der Waals surface area contributed by atoms with Crippen molar-refractivity contribution in [3.63, 3.8) is 0 Å². The molecule has 0 spiro atoms. The van der Waals surface area contributed by atoms with Crippen LogP contribution in [0.25, 0.3) is 0 Å². The molecule has 1 aromatic rings. The monoisotopic (exact) mass is 388 g/mol. The van der Waals surface area contributed by atoms with E-state index in [4.69, 9.17) is 11.6 Å². The van der Waals surface area contributed by atoms with Crippen molar-refractivity contribution in [1.82, 2.24) is 10.0 Å². The molecule has 0 atom stereocenters. The predicted molar refractivity (Wildman–Crippen MR) is 103 cm³/mol. The van der Waals surface area contributed by atoms with Crippen molar-refractivity contribution in [2.24, 2.45) is 5.41 Å². The van der Waals surface area contributed by atoms with Crippen molar-refractivity contribution in [2.75, 3.05) is 0 Å². The Kier molecular flexibility index (Phi) is 6.70. The van der Waals surface area contributed by atoms with E-state index in [0.29, 0.717) is 0 Å². The van der Waals surface area contributed by atoms with E-state index >= 15 is 0 Å². The van der Waals surface area contributed by atoms with Crippen LogP contribution in [0.3, 0.4) is 0 Å². The molecule has 7 heteroatoms. The molecule has 0 aromatic heterocycles. The molecule has 0 aliphatic carbocycles. The fourth-order valence-corrected chi connectivity index (χ4v) is 4.45. The number of sulfonamides is 1. The molecule has 1 amide bonds. The minimum atomic E-state index is -3.69. The molecule has 0 aliphatic heterocycles. The summed E-state index contributed by atoms with van der Waals surface area (Å²) in [5.74, 6) is -0.388. The predicted octanol–water partition coefficient (Wildman–Crippen LogP) is 3.97. The van der Waals surface area contributed by atoms with Crippen molar-refractivity contribution in [2.45, 2.75) is 71.4 Å². The summed E-state index contributed by atoms with van der Waals surface area (Å²) in [5, 5.41) is 3.17. The van der Waals surface area contributed by atoms with Crippen molar-refractivity contribution >= 4 is 27.5 Å². The van der Waals surface area contributed by atoms with Crippen LogP contribution in [0.2, 0.25) is 5.02 Å². The maximum Gasteiger partial charge on any atom is 0.253 e. The molecule has 0 aliphatic rings. The zero-order valence-electron chi connectivity index (χ0n) is 16.0. The van der Waals surface area contributed by atoms with Gasteiger partial charge in [0, 0.05) is 11.6 Å². The molecule has 1 rings (SSSR count). The quantitative estimate of drug-likeness (QED) is 0.774. The van der Waals surface area contributed by atoms with Crippen LogP contribution in [0, 0.1) is 5.41 Å². The average molecular weight is 389 g/mol. The first kappa shape index (κ1) is 21.9. The average Bonchev–Trinajstić information content (AvgIpc) is 2.33. The van der Waals surface area contributed by atoms with Gasteiger partial charge >= 0.3 is 0 Å². The third kappa shape index (κ3) is 6.96. The van der Waals surface area contributed by atoms with Crippen LogP contribution in [0.1, 0.15) is 65.2 Å². The van der Waals surface area contributed by atoms with Gasteiger partial charge in [0.1, 0.15) is 0 Å². The molecule has 0 saturated carbocycles. The molecule has 25 heavy (non-hydrogen) atoms. The summed E-state index contributed by atoms with van der Waals surface area (Å²) in [5.41, 5.74) is -0.272. The summed E-state index contributed by atoms with van der Waals surface area (Å²) in [6, 6.07) is 3.89. The first-order chi connectivity index (χ1) is 11.1. The Morgan fingerprint density at radius 2 is 1.72 bits per heavy atom. The second-order valence-corrected chi connectivity index (χ2v) is 10.6. The molecule has 1 aromatic carbocycles. The minimum Gasteiger partial charge on any atom is -0.347 e. The fourth-order valence-electron chi connectivity index (χ4n) is 2.97. The summed E-state index contributed by atoms with van der Waals surface area (Å²) in [7, 11) is -3.69. The molecule has 0 bridgehead atoms. The molecule has 0 unspecified atom stereocenters. The van der Waals surface area contributed by atoms with Gasteiger partial charge in [-0.15, -0.1) is 0 Å². The van der Waals surface area contributed by atoms with E-state index < -0.39 is 15.6 Å². The Morgan fingerprint density at radius 1 is 1.16 bits per heavy atom. The smallest absolute Gasteiger partial charge is 0.253 e. The zero-order valence-corrected chi connectivity index (χ0v) is 17.6. The van der Waals surface area contributed by atoms with Gasteiger partial charge in [-0.05, 0) is 57.7 Å². The van der Waals surface area contributed by atoms with Gasteiger partial charge in [0.05, 0.1) is 15.5 Å². The van der Waals surface area contributed by atoms with E-state index in [1.165, 1.54) is 18.2 Å². The van der Waals surface area contributed by atoms with Crippen LogP contribution < -0.4 is 10.0 Å². The number of carbonyl (C=O) groups excluding carboxylic acids is 1. The number of nitrogens with one attached hydrogen (secondary N) is 2. The van der Waals surface area contributed by atoms with Gasteiger partial charge in [0.2, 0.25) is 10.0 Å². The lowest BCUT2D eigenvalue weighted by atomic mass is 9.81. The maximum atomic E-state index is 12.7. The number of hydrogen-bond acceptors (Lipinski definition) is 3. The highest BCUT2D eigenvalue weighted by atomic mass is 35.5. The van der Waals surface area contributed by atoms with Crippen LogP contribution in [-0.4, -0.2) is 25.9 Å². The number of benzene rings is 1. The Balaban J connectivity index is 3.13. The van der Waals surface area contributed by atoms with E-state index in [1.807, 2.05) is 13.8 Å². The van der Waals surface area contributed by atoms with E-state index in [2.05, 4.69) is 30.8 Å². The minimum absolute atomic E-state index is 0.0179. The fraction of sp³-hybridized carbons (Fsp3) is 0.611. The van der Waals surface area contributed by atoms with Gasteiger partial charge in [-0.25, -0.2) is 13.1 Å². The molecule has 2 N–H and O–H groups in total. The Hall–Kier alpha value is -1.11. The highest BCUT2D eigenvalue weighted by Crippen LogP contribution is 2.28. The summed E-state index contributed by atoms with van der Waals surface area (Å²) in [6.45, 7) is 13.6.